The Bertz CT molecular complexity index is 616. The number of furan rings is 1. The first-order chi connectivity index (χ1) is 8.93. The normalized spacial score (nSPS) is 10.5. The van der Waals surface area contributed by atoms with Crippen molar-refractivity contribution >= 4 is 11.6 Å². The second kappa shape index (κ2) is 4.80. The molecule has 4 heteroatoms. The van der Waals surface area contributed by atoms with E-state index in [0.29, 0.717) is 33.8 Å². The number of hydrogen-bond acceptors (Lipinski definition) is 4. The molecule has 2 aromatic rings. The minimum Gasteiger partial charge on any atom is -0.464 e. The van der Waals surface area contributed by atoms with Crippen molar-refractivity contribution in [1.29, 1.82) is 0 Å². The second-order valence-corrected chi connectivity index (χ2v) is 4.50. The molecule has 0 atom stereocenters. The Labute approximate surface area is 111 Å². The van der Waals surface area contributed by atoms with Crippen molar-refractivity contribution in [2.75, 3.05) is 0 Å². The summed E-state index contributed by atoms with van der Waals surface area (Å²) in [5.74, 6) is 0.266. The van der Waals surface area contributed by atoms with Crippen molar-refractivity contribution in [1.82, 2.24) is 4.98 Å². The van der Waals surface area contributed by atoms with Crippen LogP contribution in [0.2, 0.25) is 0 Å². The molecule has 0 spiro atoms. The van der Waals surface area contributed by atoms with Crippen LogP contribution in [-0.2, 0) is 0 Å². The Hall–Kier alpha value is -2.23. The Kier molecular flexibility index (Phi) is 3.34. The van der Waals surface area contributed by atoms with Crippen LogP contribution in [0.15, 0.2) is 22.8 Å². The maximum Gasteiger partial charge on any atom is 0.162 e. The molecular formula is C15H15NO3. The van der Waals surface area contributed by atoms with Gasteiger partial charge in [-0.05, 0) is 39.8 Å². The highest BCUT2D eigenvalue weighted by Crippen LogP contribution is 2.32. The molecule has 2 rings (SSSR count). The number of hydrogen-bond donors (Lipinski definition) is 0. The summed E-state index contributed by atoms with van der Waals surface area (Å²) in [7, 11) is 0. The minimum atomic E-state index is -0.126. The molecule has 0 aliphatic rings. The average molecular weight is 257 g/mol. The number of pyridine rings is 1. The van der Waals surface area contributed by atoms with E-state index < -0.39 is 0 Å². The van der Waals surface area contributed by atoms with Crippen molar-refractivity contribution < 1.29 is 14.0 Å². The van der Waals surface area contributed by atoms with Crippen LogP contribution in [0.3, 0.4) is 0 Å². The number of aromatic nitrogens is 1. The first kappa shape index (κ1) is 13.2. The largest absolute Gasteiger partial charge is 0.464 e. The molecule has 0 aliphatic carbocycles. The zero-order chi connectivity index (χ0) is 14.2. The van der Waals surface area contributed by atoms with Crippen LogP contribution in [0.4, 0.5) is 0 Å². The molecule has 0 bridgehead atoms. The Morgan fingerprint density at radius 1 is 1.05 bits per heavy atom. The number of carbonyl (C=O) groups is 2. The number of carbonyl (C=O) groups excluding carboxylic acids is 2. The van der Waals surface area contributed by atoms with Crippen molar-refractivity contribution in [2.45, 2.75) is 27.7 Å². The average Bonchev–Trinajstić information content (AvgIpc) is 2.79. The monoisotopic (exact) mass is 257 g/mol. The smallest absolute Gasteiger partial charge is 0.162 e. The van der Waals surface area contributed by atoms with Gasteiger partial charge in [0, 0.05) is 17.0 Å². The van der Waals surface area contributed by atoms with Gasteiger partial charge >= 0.3 is 0 Å². The van der Waals surface area contributed by atoms with Crippen LogP contribution < -0.4 is 0 Å². The Balaban J connectivity index is 2.93. The van der Waals surface area contributed by atoms with Crippen molar-refractivity contribution in [2.24, 2.45) is 0 Å². The van der Waals surface area contributed by atoms with E-state index in [1.54, 1.807) is 26.0 Å². The lowest BCUT2D eigenvalue weighted by Gasteiger charge is -2.14. The topological polar surface area (TPSA) is 60.2 Å². The molecular weight excluding hydrogens is 242 g/mol. The van der Waals surface area contributed by atoms with E-state index in [1.807, 2.05) is 0 Å². The minimum absolute atomic E-state index is 0.126. The maximum absolute atomic E-state index is 11.9. The van der Waals surface area contributed by atoms with Crippen molar-refractivity contribution in [3.05, 3.63) is 40.9 Å². The summed E-state index contributed by atoms with van der Waals surface area (Å²) in [5, 5.41) is 0. The van der Waals surface area contributed by atoms with Crippen LogP contribution in [0.1, 0.15) is 46.0 Å². The Morgan fingerprint density at radius 3 is 1.95 bits per heavy atom. The molecule has 0 amide bonds. The van der Waals surface area contributed by atoms with Crippen LogP contribution in [0.25, 0.3) is 11.3 Å². The lowest BCUT2D eigenvalue weighted by Crippen LogP contribution is -2.11. The number of nitrogens with zero attached hydrogens (tertiary/aromatic N) is 1. The van der Waals surface area contributed by atoms with Crippen LogP contribution in [-0.4, -0.2) is 16.6 Å². The van der Waals surface area contributed by atoms with Gasteiger partial charge in [-0.2, -0.15) is 0 Å². The molecule has 0 unspecified atom stereocenters. The van der Waals surface area contributed by atoms with E-state index in [0.717, 1.165) is 0 Å². The predicted octanol–water partition coefficient (Wildman–Crippen LogP) is 3.36. The molecule has 0 aliphatic heterocycles. The fraction of sp³-hybridized carbons (Fsp3) is 0.267. The lowest BCUT2D eigenvalue weighted by atomic mass is 9.93. The molecule has 98 valence electrons. The molecule has 0 saturated heterocycles. The summed E-state index contributed by atoms with van der Waals surface area (Å²) in [5.41, 5.74) is 2.68. The quantitative estimate of drug-likeness (QED) is 0.791. The summed E-state index contributed by atoms with van der Waals surface area (Å²) >= 11 is 0. The van der Waals surface area contributed by atoms with Gasteiger partial charge in [-0.15, -0.1) is 0 Å². The molecule has 0 saturated carbocycles. The molecule has 4 nitrogen and oxygen atoms in total. The van der Waals surface area contributed by atoms with E-state index in [4.69, 9.17) is 4.42 Å². The number of Topliss-reactive ketones (excluding diaryl/α,β-unsaturated/α-hetero) is 2. The third kappa shape index (κ3) is 2.21. The van der Waals surface area contributed by atoms with Gasteiger partial charge in [0.05, 0.1) is 17.4 Å². The fourth-order valence-corrected chi connectivity index (χ4v) is 2.38. The number of ketones is 2. The third-order valence-corrected chi connectivity index (χ3v) is 3.03. The van der Waals surface area contributed by atoms with E-state index in [9.17, 15) is 9.59 Å². The maximum atomic E-state index is 11.9. The molecule has 0 N–H and O–H groups in total. The lowest BCUT2D eigenvalue weighted by molar-refractivity contribution is 0.101. The summed E-state index contributed by atoms with van der Waals surface area (Å²) < 4.78 is 5.38. The van der Waals surface area contributed by atoms with Gasteiger partial charge in [0.25, 0.3) is 0 Å². The van der Waals surface area contributed by atoms with Gasteiger partial charge in [0.15, 0.2) is 11.6 Å². The highest BCUT2D eigenvalue weighted by atomic mass is 16.3. The highest BCUT2D eigenvalue weighted by molar-refractivity contribution is 6.09. The summed E-state index contributed by atoms with van der Waals surface area (Å²) in [6.07, 6.45) is 1.52. The van der Waals surface area contributed by atoms with Gasteiger partial charge in [0.2, 0.25) is 0 Å². The first-order valence-corrected chi connectivity index (χ1v) is 6.00. The molecule has 0 radical (unpaired) electrons. The number of aryl methyl sites for hydroxylation is 2. The van der Waals surface area contributed by atoms with Gasteiger partial charge in [-0.3, -0.25) is 14.6 Å². The zero-order valence-corrected chi connectivity index (χ0v) is 11.4. The summed E-state index contributed by atoms with van der Waals surface area (Å²) in [6.45, 7) is 6.46. The zero-order valence-electron chi connectivity index (χ0n) is 11.4. The van der Waals surface area contributed by atoms with Crippen LogP contribution in [0, 0.1) is 13.8 Å². The van der Waals surface area contributed by atoms with Crippen LogP contribution in [0.5, 0.6) is 0 Å². The van der Waals surface area contributed by atoms with Gasteiger partial charge < -0.3 is 4.42 Å². The van der Waals surface area contributed by atoms with Crippen molar-refractivity contribution in [3.63, 3.8) is 0 Å². The molecule has 2 heterocycles. The fourth-order valence-electron chi connectivity index (χ4n) is 2.38. The van der Waals surface area contributed by atoms with E-state index in [1.165, 1.54) is 20.1 Å². The van der Waals surface area contributed by atoms with Crippen LogP contribution >= 0.6 is 0 Å². The van der Waals surface area contributed by atoms with E-state index in [-0.39, 0.29) is 11.6 Å². The SMILES string of the molecule is CC(=O)c1c(C)nc(C)c(C(C)=O)c1-c1ccco1. The second-order valence-electron chi connectivity index (χ2n) is 4.50. The first-order valence-electron chi connectivity index (χ1n) is 6.00. The highest BCUT2D eigenvalue weighted by Gasteiger charge is 2.23. The number of rotatable bonds is 3. The van der Waals surface area contributed by atoms with Crippen molar-refractivity contribution in [3.8, 4) is 11.3 Å². The third-order valence-electron chi connectivity index (χ3n) is 3.03. The molecule has 2 aromatic heterocycles. The Morgan fingerprint density at radius 2 is 1.58 bits per heavy atom. The molecule has 19 heavy (non-hydrogen) atoms. The molecule has 0 fully saturated rings. The standard InChI is InChI=1S/C15H15NO3/c1-8-13(10(3)17)15(12-6-5-7-19-12)14(11(4)18)9(2)16-8/h5-7H,1-4H3. The van der Waals surface area contributed by atoms with E-state index in [2.05, 4.69) is 4.98 Å². The van der Waals surface area contributed by atoms with Gasteiger partial charge in [-0.25, -0.2) is 0 Å². The van der Waals surface area contributed by atoms with Gasteiger partial charge in [-0.1, -0.05) is 0 Å². The summed E-state index contributed by atoms with van der Waals surface area (Å²) in [4.78, 5) is 28.1. The van der Waals surface area contributed by atoms with Gasteiger partial charge in [0.1, 0.15) is 5.76 Å². The predicted molar refractivity (Wildman–Crippen MR) is 71.4 cm³/mol. The van der Waals surface area contributed by atoms with E-state index >= 15 is 0 Å². The molecule has 0 aromatic carbocycles. The summed E-state index contributed by atoms with van der Waals surface area (Å²) in [6, 6.07) is 3.47.